The van der Waals surface area contributed by atoms with Crippen LogP contribution in [0.4, 0.5) is 0 Å². The van der Waals surface area contributed by atoms with Crippen molar-refractivity contribution in [2.45, 2.75) is 44.4 Å². The summed E-state index contributed by atoms with van der Waals surface area (Å²) in [5, 5.41) is 8.87. The molecule has 1 aromatic rings. The van der Waals surface area contributed by atoms with Gasteiger partial charge in [-0.1, -0.05) is 39.8 Å². The van der Waals surface area contributed by atoms with Crippen molar-refractivity contribution in [3.05, 3.63) is 29.8 Å². The maximum Gasteiger partial charge on any atom is 0.318 e. The number of rotatable bonds is 6. The monoisotopic (exact) mass is 313 g/mol. The number of nitrogens with zero attached hydrogens (tertiary/aromatic N) is 1. The Morgan fingerprint density at radius 3 is 2.10 bits per heavy atom. The fourth-order valence-electron chi connectivity index (χ4n) is 1.96. The molecule has 1 rings (SSSR count). The second-order valence-corrected chi connectivity index (χ2v) is 7.94. The first-order valence-electron chi connectivity index (χ1n) is 6.91. The van der Waals surface area contributed by atoms with E-state index < -0.39 is 22.5 Å². The van der Waals surface area contributed by atoms with Crippen LogP contribution in [-0.2, 0) is 20.2 Å². The van der Waals surface area contributed by atoms with E-state index in [1.54, 1.807) is 24.3 Å². The van der Waals surface area contributed by atoms with Gasteiger partial charge in [-0.05, 0) is 29.5 Å². The highest BCUT2D eigenvalue weighted by Crippen LogP contribution is 2.24. The van der Waals surface area contributed by atoms with Gasteiger partial charge in [0, 0.05) is 6.54 Å². The first-order chi connectivity index (χ1) is 9.59. The van der Waals surface area contributed by atoms with E-state index in [2.05, 4.69) is 0 Å². The summed E-state index contributed by atoms with van der Waals surface area (Å²) in [7, 11) is -3.77. The lowest BCUT2D eigenvalue weighted by Crippen LogP contribution is -2.36. The van der Waals surface area contributed by atoms with Gasteiger partial charge in [0.2, 0.25) is 10.0 Å². The normalized spacial score (nSPS) is 12.6. The summed E-state index contributed by atoms with van der Waals surface area (Å²) >= 11 is 0. The Morgan fingerprint density at radius 1 is 1.19 bits per heavy atom. The van der Waals surface area contributed by atoms with Crippen LogP contribution in [0, 0.1) is 0 Å². The maximum atomic E-state index is 12.5. The van der Waals surface area contributed by atoms with Crippen LogP contribution in [0.5, 0.6) is 0 Å². The minimum absolute atomic E-state index is 0.0630. The molecule has 118 valence electrons. The molecule has 0 aromatic heterocycles. The van der Waals surface area contributed by atoms with E-state index in [1.165, 1.54) is 0 Å². The second kappa shape index (κ2) is 6.58. The molecule has 1 N–H and O–H groups in total. The Kier molecular flexibility index (Phi) is 5.53. The van der Waals surface area contributed by atoms with E-state index in [-0.39, 0.29) is 16.9 Å². The second-order valence-electron chi connectivity index (χ2n) is 6.01. The molecule has 0 fully saturated rings. The van der Waals surface area contributed by atoms with Crippen molar-refractivity contribution in [2.24, 2.45) is 0 Å². The molecule has 0 spiro atoms. The molecule has 0 aliphatic rings. The fourth-order valence-corrected chi connectivity index (χ4v) is 3.44. The molecular weight excluding hydrogens is 290 g/mol. The largest absolute Gasteiger partial charge is 0.480 e. The summed E-state index contributed by atoms with van der Waals surface area (Å²) in [6, 6.07) is 6.64. The standard InChI is InChI=1S/C15H23NO4S/c1-5-10-16(11-14(17)18)21(19,20)13-8-6-12(7-9-13)15(2,3)4/h6-9H,5,10-11H2,1-4H3,(H,17,18). The van der Waals surface area contributed by atoms with Gasteiger partial charge in [0.15, 0.2) is 0 Å². The van der Waals surface area contributed by atoms with Gasteiger partial charge in [-0.3, -0.25) is 4.79 Å². The lowest BCUT2D eigenvalue weighted by atomic mass is 9.87. The van der Waals surface area contributed by atoms with E-state index in [9.17, 15) is 13.2 Å². The smallest absolute Gasteiger partial charge is 0.318 e. The zero-order chi connectivity index (χ0) is 16.3. The highest BCUT2D eigenvalue weighted by atomic mass is 32.2. The Hall–Kier alpha value is -1.40. The maximum absolute atomic E-state index is 12.5. The minimum atomic E-state index is -3.77. The predicted molar refractivity (Wildman–Crippen MR) is 81.8 cm³/mol. The molecule has 0 aliphatic carbocycles. The number of aliphatic carboxylic acids is 1. The molecule has 0 amide bonds. The summed E-state index contributed by atoms with van der Waals surface area (Å²) in [6.45, 7) is 7.62. The van der Waals surface area contributed by atoms with Gasteiger partial charge in [-0.15, -0.1) is 0 Å². The first-order valence-corrected chi connectivity index (χ1v) is 8.35. The average molecular weight is 313 g/mol. The molecule has 0 heterocycles. The van der Waals surface area contributed by atoms with Crippen LogP contribution in [-0.4, -0.2) is 36.9 Å². The van der Waals surface area contributed by atoms with Gasteiger partial charge in [-0.25, -0.2) is 8.42 Å². The molecule has 0 saturated heterocycles. The van der Waals surface area contributed by atoms with Crippen molar-refractivity contribution in [3.8, 4) is 0 Å². The zero-order valence-electron chi connectivity index (χ0n) is 13.0. The van der Waals surface area contributed by atoms with Gasteiger partial charge < -0.3 is 5.11 Å². The van der Waals surface area contributed by atoms with Crippen molar-refractivity contribution in [1.29, 1.82) is 0 Å². The number of carboxylic acids is 1. The number of hydrogen-bond acceptors (Lipinski definition) is 3. The molecule has 0 unspecified atom stereocenters. The van der Waals surface area contributed by atoms with Gasteiger partial charge in [0.05, 0.1) is 4.90 Å². The topological polar surface area (TPSA) is 74.7 Å². The third-order valence-corrected chi connectivity index (χ3v) is 5.00. The van der Waals surface area contributed by atoms with Crippen LogP contribution >= 0.6 is 0 Å². The van der Waals surface area contributed by atoms with E-state index >= 15 is 0 Å². The summed E-state index contributed by atoms with van der Waals surface area (Å²) in [5.41, 5.74) is 0.966. The summed E-state index contributed by atoms with van der Waals surface area (Å²) in [5.74, 6) is -1.15. The van der Waals surface area contributed by atoms with E-state index in [0.29, 0.717) is 6.42 Å². The molecule has 1 aromatic carbocycles. The first kappa shape index (κ1) is 17.7. The third kappa shape index (κ3) is 4.54. The number of benzene rings is 1. The number of carbonyl (C=O) groups is 1. The third-order valence-electron chi connectivity index (χ3n) is 3.14. The van der Waals surface area contributed by atoms with Gasteiger partial charge in [0.25, 0.3) is 0 Å². The van der Waals surface area contributed by atoms with E-state index in [1.807, 2.05) is 27.7 Å². The van der Waals surface area contributed by atoms with Crippen molar-refractivity contribution < 1.29 is 18.3 Å². The lowest BCUT2D eigenvalue weighted by Gasteiger charge is -2.22. The van der Waals surface area contributed by atoms with Crippen LogP contribution in [0.15, 0.2) is 29.2 Å². The molecule has 0 saturated carbocycles. The molecule has 0 aliphatic heterocycles. The average Bonchev–Trinajstić information content (AvgIpc) is 2.37. The molecular formula is C15H23NO4S. The highest BCUT2D eigenvalue weighted by Gasteiger charge is 2.26. The number of hydrogen-bond donors (Lipinski definition) is 1. The van der Waals surface area contributed by atoms with Crippen molar-refractivity contribution >= 4 is 16.0 Å². The van der Waals surface area contributed by atoms with Crippen molar-refractivity contribution in [3.63, 3.8) is 0 Å². The molecule has 5 nitrogen and oxygen atoms in total. The lowest BCUT2D eigenvalue weighted by molar-refractivity contribution is -0.137. The van der Waals surface area contributed by atoms with Crippen LogP contribution in [0.3, 0.4) is 0 Å². The van der Waals surface area contributed by atoms with Gasteiger partial charge >= 0.3 is 5.97 Å². The molecule has 21 heavy (non-hydrogen) atoms. The Bertz CT molecular complexity index is 585. The van der Waals surface area contributed by atoms with Crippen LogP contribution in [0.2, 0.25) is 0 Å². The van der Waals surface area contributed by atoms with Crippen molar-refractivity contribution in [2.75, 3.05) is 13.1 Å². The summed E-state index contributed by atoms with van der Waals surface area (Å²) < 4.78 is 26.0. The SMILES string of the molecule is CCCN(CC(=O)O)S(=O)(=O)c1ccc(C(C)(C)C)cc1. The van der Waals surface area contributed by atoms with Gasteiger partial charge in [-0.2, -0.15) is 4.31 Å². The van der Waals surface area contributed by atoms with Crippen molar-refractivity contribution in [1.82, 2.24) is 4.31 Å². The summed E-state index contributed by atoms with van der Waals surface area (Å²) in [6.07, 6.45) is 0.562. The quantitative estimate of drug-likeness (QED) is 0.875. The molecule has 6 heteroatoms. The minimum Gasteiger partial charge on any atom is -0.480 e. The Labute approximate surface area is 126 Å². The van der Waals surface area contributed by atoms with Crippen LogP contribution < -0.4 is 0 Å². The number of sulfonamides is 1. The summed E-state index contributed by atoms with van der Waals surface area (Å²) in [4.78, 5) is 11.0. The zero-order valence-corrected chi connectivity index (χ0v) is 13.8. The predicted octanol–water partition coefficient (Wildman–Crippen LogP) is 2.47. The molecule has 0 radical (unpaired) electrons. The molecule has 0 atom stereocenters. The fraction of sp³-hybridized carbons (Fsp3) is 0.533. The van der Waals surface area contributed by atoms with Gasteiger partial charge in [0.1, 0.15) is 6.54 Å². The number of carboxylic acid groups (broad SMARTS) is 1. The molecule has 0 bridgehead atoms. The van der Waals surface area contributed by atoms with E-state index in [4.69, 9.17) is 5.11 Å². The Balaban J connectivity index is 3.13. The van der Waals surface area contributed by atoms with Crippen LogP contribution in [0.1, 0.15) is 39.7 Å². The van der Waals surface area contributed by atoms with Crippen LogP contribution in [0.25, 0.3) is 0 Å². The van der Waals surface area contributed by atoms with E-state index in [0.717, 1.165) is 9.87 Å². The Morgan fingerprint density at radius 2 is 1.71 bits per heavy atom. The highest BCUT2D eigenvalue weighted by molar-refractivity contribution is 7.89.